The fraction of sp³-hybridized carbons (Fsp3) is 0.0714. The van der Waals surface area contributed by atoms with Crippen LogP contribution in [0.25, 0.3) is 32.7 Å². The zero-order valence-electron chi connectivity index (χ0n) is 16.4. The van der Waals surface area contributed by atoms with Gasteiger partial charge in [-0.1, -0.05) is 96.6 Å². The van der Waals surface area contributed by atoms with Gasteiger partial charge in [-0.25, -0.2) is 0 Å². The normalized spacial score (nSPS) is 11.2. The fourth-order valence-electron chi connectivity index (χ4n) is 4.15. The first-order chi connectivity index (χ1) is 14.2. The molecule has 0 amide bonds. The number of benzene rings is 5. The summed E-state index contributed by atoms with van der Waals surface area (Å²) in [7, 11) is 0. The summed E-state index contributed by atoms with van der Waals surface area (Å²) in [6.07, 6.45) is 0.865. The van der Waals surface area contributed by atoms with Gasteiger partial charge in [0.05, 0.1) is 0 Å². The molecule has 0 saturated heterocycles. The summed E-state index contributed by atoms with van der Waals surface area (Å²) >= 11 is 0. The van der Waals surface area contributed by atoms with Gasteiger partial charge >= 0.3 is 0 Å². The summed E-state index contributed by atoms with van der Waals surface area (Å²) in [6.45, 7) is 2.08. The third kappa shape index (κ3) is 3.36. The molecule has 5 aromatic rings. The first-order valence-corrected chi connectivity index (χ1v) is 9.97. The lowest BCUT2D eigenvalue weighted by molar-refractivity contribution is 0.478. The number of hydrogen-bond donors (Lipinski definition) is 1. The predicted molar refractivity (Wildman–Crippen MR) is 123 cm³/mol. The molecule has 0 aliphatic rings. The first kappa shape index (κ1) is 17.5. The molecule has 140 valence electrons. The Morgan fingerprint density at radius 2 is 1.34 bits per heavy atom. The van der Waals surface area contributed by atoms with Crippen LogP contribution in [0.5, 0.6) is 5.75 Å². The second kappa shape index (κ2) is 7.10. The van der Waals surface area contributed by atoms with E-state index in [1.807, 2.05) is 12.1 Å². The zero-order chi connectivity index (χ0) is 19.8. The van der Waals surface area contributed by atoms with Crippen LogP contribution >= 0.6 is 0 Å². The molecular weight excluding hydrogens is 352 g/mol. The van der Waals surface area contributed by atoms with Crippen LogP contribution < -0.4 is 0 Å². The number of hydrogen-bond acceptors (Lipinski definition) is 1. The fourth-order valence-corrected chi connectivity index (χ4v) is 4.15. The van der Waals surface area contributed by atoms with Gasteiger partial charge in [-0.2, -0.15) is 0 Å². The third-order valence-electron chi connectivity index (χ3n) is 5.59. The summed E-state index contributed by atoms with van der Waals surface area (Å²) in [6, 6.07) is 33.8. The molecule has 0 aliphatic carbocycles. The van der Waals surface area contributed by atoms with Crippen LogP contribution in [0.15, 0.2) is 97.1 Å². The highest BCUT2D eigenvalue weighted by molar-refractivity contribution is 6.00. The lowest BCUT2D eigenvalue weighted by Crippen LogP contribution is -1.90. The van der Waals surface area contributed by atoms with E-state index in [1.165, 1.54) is 27.5 Å². The van der Waals surface area contributed by atoms with E-state index in [0.29, 0.717) is 5.75 Å². The number of rotatable bonds is 3. The molecule has 0 aromatic heterocycles. The van der Waals surface area contributed by atoms with E-state index in [0.717, 1.165) is 28.3 Å². The van der Waals surface area contributed by atoms with Crippen LogP contribution in [-0.4, -0.2) is 5.11 Å². The standard InChI is InChI=1S/C28H22O/c1-19-5-4-8-25(15-19)28-26-18-21(10-12-23(26)13-14-27(28)29)16-20-9-11-22-6-2-3-7-24(22)17-20/h2-15,17-18,29H,16H2,1H3. The van der Waals surface area contributed by atoms with E-state index in [9.17, 15) is 5.11 Å². The molecule has 1 nitrogen and oxygen atoms in total. The Balaban J connectivity index is 1.61. The van der Waals surface area contributed by atoms with E-state index >= 15 is 0 Å². The van der Waals surface area contributed by atoms with Crippen molar-refractivity contribution in [1.82, 2.24) is 0 Å². The second-order valence-corrected chi connectivity index (χ2v) is 7.74. The SMILES string of the molecule is Cc1cccc(-c2c(O)ccc3ccc(Cc4ccc5ccccc5c4)cc23)c1. The largest absolute Gasteiger partial charge is 0.507 e. The van der Waals surface area contributed by atoms with Crippen LogP contribution in [0.4, 0.5) is 0 Å². The molecule has 0 bridgehead atoms. The topological polar surface area (TPSA) is 20.2 Å². The lowest BCUT2D eigenvalue weighted by Gasteiger charge is -2.12. The Bertz CT molecular complexity index is 1350. The predicted octanol–water partition coefficient (Wildman–Crippen LogP) is 7.26. The molecule has 0 unspecified atom stereocenters. The van der Waals surface area contributed by atoms with Gasteiger partial charge in [-0.3, -0.25) is 0 Å². The maximum Gasteiger partial charge on any atom is 0.124 e. The van der Waals surface area contributed by atoms with Crippen LogP contribution in [0.1, 0.15) is 16.7 Å². The van der Waals surface area contributed by atoms with Crippen molar-refractivity contribution in [3.63, 3.8) is 0 Å². The summed E-state index contributed by atoms with van der Waals surface area (Å²) in [4.78, 5) is 0. The van der Waals surface area contributed by atoms with Crippen molar-refractivity contribution >= 4 is 21.5 Å². The van der Waals surface area contributed by atoms with Crippen molar-refractivity contribution in [1.29, 1.82) is 0 Å². The van der Waals surface area contributed by atoms with E-state index in [1.54, 1.807) is 6.07 Å². The second-order valence-electron chi connectivity index (χ2n) is 7.74. The molecule has 0 radical (unpaired) electrons. The number of phenols is 1. The Kier molecular flexibility index (Phi) is 4.29. The molecule has 0 spiro atoms. The molecule has 0 atom stereocenters. The highest BCUT2D eigenvalue weighted by Gasteiger charge is 2.11. The summed E-state index contributed by atoms with van der Waals surface area (Å²) in [5.74, 6) is 0.325. The van der Waals surface area contributed by atoms with Crippen LogP contribution in [0.2, 0.25) is 0 Å². The van der Waals surface area contributed by atoms with Crippen LogP contribution in [-0.2, 0) is 6.42 Å². The van der Waals surface area contributed by atoms with Gasteiger partial charge in [0.25, 0.3) is 0 Å². The molecule has 29 heavy (non-hydrogen) atoms. The van der Waals surface area contributed by atoms with Crippen molar-refractivity contribution in [2.45, 2.75) is 13.3 Å². The number of aromatic hydroxyl groups is 1. The number of fused-ring (bicyclic) bond motifs is 2. The van der Waals surface area contributed by atoms with Gasteiger partial charge in [0.2, 0.25) is 0 Å². The Morgan fingerprint density at radius 3 is 2.17 bits per heavy atom. The summed E-state index contributed by atoms with van der Waals surface area (Å²) in [5, 5.41) is 15.4. The van der Waals surface area contributed by atoms with Gasteiger partial charge in [0, 0.05) is 5.56 Å². The highest BCUT2D eigenvalue weighted by atomic mass is 16.3. The van der Waals surface area contributed by atoms with Gasteiger partial charge in [-0.15, -0.1) is 0 Å². The molecule has 0 heterocycles. The highest BCUT2D eigenvalue weighted by Crippen LogP contribution is 2.37. The quantitative estimate of drug-likeness (QED) is 0.352. The number of phenolic OH excluding ortho intramolecular Hbond substituents is 1. The summed E-state index contributed by atoms with van der Waals surface area (Å²) < 4.78 is 0. The van der Waals surface area contributed by atoms with Crippen molar-refractivity contribution in [3.8, 4) is 16.9 Å². The van der Waals surface area contributed by atoms with Crippen LogP contribution in [0.3, 0.4) is 0 Å². The molecule has 5 rings (SSSR count). The minimum Gasteiger partial charge on any atom is -0.507 e. The maximum atomic E-state index is 10.7. The zero-order valence-corrected chi connectivity index (χ0v) is 16.4. The Morgan fingerprint density at radius 1 is 0.621 bits per heavy atom. The number of aryl methyl sites for hydroxylation is 1. The van der Waals surface area contributed by atoms with E-state index in [-0.39, 0.29) is 0 Å². The third-order valence-corrected chi connectivity index (χ3v) is 5.59. The van der Waals surface area contributed by atoms with Gasteiger partial charge in [0.15, 0.2) is 0 Å². The Labute approximate surface area is 170 Å². The molecule has 1 N–H and O–H groups in total. The van der Waals surface area contributed by atoms with Crippen molar-refractivity contribution in [3.05, 3.63) is 114 Å². The molecule has 5 aromatic carbocycles. The van der Waals surface area contributed by atoms with Gasteiger partial charge in [-0.05, 0) is 57.6 Å². The monoisotopic (exact) mass is 374 g/mol. The van der Waals surface area contributed by atoms with Crippen molar-refractivity contribution in [2.75, 3.05) is 0 Å². The molecule has 0 aliphatic heterocycles. The van der Waals surface area contributed by atoms with E-state index < -0.39 is 0 Å². The van der Waals surface area contributed by atoms with E-state index in [4.69, 9.17) is 0 Å². The molecular formula is C28H22O. The average Bonchev–Trinajstić information content (AvgIpc) is 2.73. The minimum absolute atomic E-state index is 0.325. The lowest BCUT2D eigenvalue weighted by atomic mass is 9.93. The minimum atomic E-state index is 0.325. The first-order valence-electron chi connectivity index (χ1n) is 9.97. The van der Waals surface area contributed by atoms with E-state index in [2.05, 4.69) is 85.8 Å². The van der Waals surface area contributed by atoms with Crippen LogP contribution in [0, 0.1) is 6.92 Å². The Hall–Kier alpha value is -3.58. The molecule has 0 saturated carbocycles. The average molecular weight is 374 g/mol. The smallest absolute Gasteiger partial charge is 0.124 e. The van der Waals surface area contributed by atoms with Crippen molar-refractivity contribution < 1.29 is 5.11 Å². The van der Waals surface area contributed by atoms with Gasteiger partial charge in [0.1, 0.15) is 5.75 Å². The maximum absolute atomic E-state index is 10.7. The van der Waals surface area contributed by atoms with Gasteiger partial charge < -0.3 is 5.11 Å². The summed E-state index contributed by atoms with van der Waals surface area (Å²) in [5.41, 5.74) is 5.68. The molecule has 1 heteroatoms. The molecule has 0 fully saturated rings. The van der Waals surface area contributed by atoms with Crippen molar-refractivity contribution in [2.24, 2.45) is 0 Å².